The van der Waals surface area contributed by atoms with Gasteiger partial charge in [0.2, 0.25) is 0 Å². The van der Waals surface area contributed by atoms with E-state index < -0.39 is 0 Å². The first-order valence-corrected chi connectivity index (χ1v) is 11.8. The van der Waals surface area contributed by atoms with Gasteiger partial charge < -0.3 is 15.4 Å². The number of hydrogen-bond acceptors (Lipinski definition) is 5. The summed E-state index contributed by atoms with van der Waals surface area (Å²) in [6.07, 6.45) is 3.69. The fourth-order valence-electron chi connectivity index (χ4n) is 3.52. The highest BCUT2D eigenvalue weighted by Crippen LogP contribution is 2.40. The van der Waals surface area contributed by atoms with E-state index in [9.17, 15) is 4.79 Å². The first-order valence-electron chi connectivity index (χ1n) is 10.6. The second-order valence-electron chi connectivity index (χ2n) is 7.30. The Morgan fingerprint density at radius 3 is 2.52 bits per heavy atom. The maximum atomic E-state index is 12.9. The molecule has 33 heavy (non-hydrogen) atoms. The first-order chi connectivity index (χ1) is 16.0. The first kappa shape index (κ1) is 22.7. The highest BCUT2D eigenvalue weighted by Gasteiger charge is 2.24. The van der Waals surface area contributed by atoms with Gasteiger partial charge in [0.1, 0.15) is 10.6 Å². The molecule has 2 aromatic carbocycles. The molecule has 0 bridgehead atoms. The molecule has 0 radical (unpaired) electrons. The van der Waals surface area contributed by atoms with Crippen LogP contribution in [0.2, 0.25) is 0 Å². The van der Waals surface area contributed by atoms with Gasteiger partial charge in [-0.05, 0) is 55.4 Å². The molecule has 0 amide bonds. The summed E-state index contributed by atoms with van der Waals surface area (Å²) in [4.78, 5) is 13.9. The van der Waals surface area contributed by atoms with Crippen molar-refractivity contribution < 1.29 is 9.53 Å². The predicted molar refractivity (Wildman–Crippen MR) is 138 cm³/mol. The van der Waals surface area contributed by atoms with Gasteiger partial charge in [-0.3, -0.25) is 4.68 Å². The number of esters is 1. The fourth-order valence-corrected chi connectivity index (χ4v) is 4.88. The number of anilines is 2. The van der Waals surface area contributed by atoms with Gasteiger partial charge >= 0.3 is 5.97 Å². The minimum absolute atomic E-state index is 0.301. The lowest BCUT2D eigenvalue weighted by molar-refractivity contribution is 0.0529. The number of benzene rings is 2. The molecule has 168 valence electrons. The van der Waals surface area contributed by atoms with E-state index in [0.717, 1.165) is 27.3 Å². The lowest BCUT2D eigenvalue weighted by Crippen LogP contribution is -2.20. The van der Waals surface area contributed by atoms with E-state index in [2.05, 4.69) is 15.7 Å². The zero-order valence-electron chi connectivity index (χ0n) is 18.4. The standard InChI is InChI=1S/C25H24N4O2S2/c1-3-31-24(30)22-21(19-8-5-4-6-9-19)17(2)33-23(22)28-25(32)27-20-12-10-18(11-13-20)16-29-15-7-14-26-29/h4-15H,3,16H2,1-2H3,(H2,27,28,32). The van der Waals surface area contributed by atoms with E-state index in [0.29, 0.717) is 28.8 Å². The topological polar surface area (TPSA) is 68.2 Å². The number of aryl methyl sites for hydroxylation is 1. The molecule has 2 N–H and O–H groups in total. The van der Waals surface area contributed by atoms with Crippen LogP contribution in [0.3, 0.4) is 0 Å². The molecular weight excluding hydrogens is 452 g/mol. The van der Waals surface area contributed by atoms with Crippen LogP contribution < -0.4 is 10.6 Å². The molecule has 0 aliphatic carbocycles. The smallest absolute Gasteiger partial charge is 0.341 e. The Balaban J connectivity index is 1.52. The van der Waals surface area contributed by atoms with E-state index in [1.54, 1.807) is 13.1 Å². The van der Waals surface area contributed by atoms with E-state index in [1.165, 1.54) is 11.3 Å². The number of hydrogen-bond donors (Lipinski definition) is 2. The van der Waals surface area contributed by atoms with Crippen LogP contribution in [-0.4, -0.2) is 27.5 Å². The molecule has 0 saturated heterocycles. The number of ether oxygens (including phenoxy) is 1. The van der Waals surface area contributed by atoms with Crippen molar-refractivity contribution in [3.05, 3.63) is 89.1 Å². The van der Waals surface area contributed by atoms with Crippen LogP contribution >= 0.6 is 23.6 Å². The average molecular weight is 477 g/mol. The number of nitrogens with one attached hydrogen (secondary N) is 2. The number of carbonyl (C=O) groups excluding carboxylic acids is 1. The average Bonchev–Trinajstić information content (AvgIpc) is 3.43. The molecule has 0 atom stereocenters. The number of aromatic nitrogens is 2. The summed E-state index contributed by atoms with van der Waals surface area (Å²) in [6.45, 7) is 4.80. The number of thiocarbonyl (C=S) groups is 1. The van der Waals surface area contributed by atoms with Crippen LogP contribution in [0.5, 0.6) is 0 Å². The van der Waals surface area contributed by atoms with Crippen LogP contribution in [0.25, 0.3) is 11.1 Å². The van der Waals surface area contributed by atoms with E-state index in [1.807, 2.05) is 78.5 Å². The van der Waals surface area contributed by atoms with Crippen molar-refractivity contribution in [2.45, 2.75) is 20.4 Å². The normalized spacial score (nSPS) is 10.6. The molecule has 8 heteroatoms. The van der Waals surface area contributed by atoms with Crippen molar-refractivity contribution in [1.82, 2.24) is 9.78 Å². The van der Waals surface area contributed by atoms with Crippen molar-refractivity contribution in [3.8, 4) is 11.1 Å². The van der Waals surface area contributed by atoms with E-state index >= 15 is 0 Å². The summed E-state index contributed by atoms with van der Waals surface area (Å²) in [5.74, 6) is -0.367. The second kappa shape index (κ2) is 10.4. The summed E-state index contributed by atoms with van der Waals surface area (Å²) >= 11 is 7.03. The Hall–Kier alpha value is -3.49. The van der Waals surface area contributed by atoms with Crippen molar-refractivity contribution in [3.63, 3.8) is 0 Å². The van der Waals surface area contributed by atoms with Gasteiger partial charge in [0.15, 0.2) is 5.11 Å². The summed E-state index contributed by atoms with van der Waals surface area (Å²) in [7, 11) is 0. The van der Waals surface area contributed by atoms with Crippen molar-refractivity contribution in [2.75, 3.05) is 17.2 Å². The second-order valence-corrected chi connectivity index (χ2v) is 8.94. The minimum Gasteiger partial charge on any atom is -0.462 e. The van der Waals surface area contributed by atoms with Crippen LogP contribution in [0.1, 0.15) is 27.7 Å². The summed E-state index contributed by atoms with van der Waals surface area (Å²) < 4.78 is 7.23. The Morgan fingerprint density at radius 2 is 1.85 bits per heavy atom. The number of rotatable bonds is 7. The summed E-state index contributed by atoms with van der Waals surface area (Å²) in [5, 5.41) is 11.7. The Morgan fingerprint density at radius 1 is 1.09 bits per heavy atom. The lowest BCUT2D eigenvalue weighted by Gasteiger charge is -2.12. The Bertz CT molecular complexity index is 1230. The Labute approximate surface area is 202 Å². The lowest BCUT2D eigenvalue weighted by atomic mass is 10.0. The maximum Gasteiger partial charge on any atom is 0.341 e. The van der Waals surface area contributed by atoms with Crippen LogP contribution in [0.4, 0.5) is 10.7 Å². The monoisotopic (exact) mass is 476 g/mol. The summed E-state index contributed by atoms with van der Waals surface area (Å²) in [6, 6.07) is 19.7. The van der Waals surface area contributed by atoms with Gasteiger partial charge in [0.25, 0.3) is 0 Å². The van der Waals surface area contributed by atoms with Crippen LogP contribution in [-0.2, 0) is 11.3 Å². The molecule has 0 saturated carbocycles. The van der Waals surface area contributed by atoms with Crippen molar-refractivity contribution in [1.29, 1.82) is 0 Å². The number of carbonyl (C=O) groups is 1. The number of thiophene rings is 1. The van der Waals surface area contributed by atoms with Gasteiger partial charge in [-0.25, -0.2) is 4.79 Å². The van der Waals surface area contributed by atoms with Crippen LogP contribution in [0.15, 0.2) is 73.1 Å². The zero-order valence-corrected chi connectivity index (χ0v) is 20.0. The molecule has 2 heterocycles. The highest BCUT2D eigenvalue weighted by molar-refractivity contribution is 7.80. The summed E-state index contributed by atoms with van der Waals surface area (Å²) in [5.41, 5.74) is 4.32. The van der Waals surface area contributed by atoms with Gasteiger partial charge in [-0.15, -0.1) is 11.3 Å². The van der Waals surface area contributed by atoms with Crippen molar-refractivity contribution in [2.24, 2.45) is 0 Å². The SMILES string of the molecule is CCOC(=O)c1c(NC(=S)Nc2ccc(Cn3cccn3)cc2)sc(C)c1-c1ccccc1. The minimum atomic E-state index is -0.367. The molecular formula is C25H24N4O2S2. The molecule has 0 spiro atoms. The molecule has 2 aromatic heterocycles. The highest BCUT2D eigenvalue weighted by atomic mass is 32.1. The van der Waals surface area contributed by atoms with Gasteiger partial charge in [-0.1, -0.05) is 42.5 Å². The van der Waals surface area contributed by atoms with E-state index in [4.69, 9.17) is 17.0 Å². The van der Waals surface area contributed by atoms with Gasteiger partial charge in [-0.2, -0.15) is 5.10 Å². The van der Waals surface area contributed by atoms with Crippen LogP contribution in [0, 0.1) is 6.92 Å². The molecule has 6 nitrogen and oxygen atoms in total. The fraction of sp³-hybridized carbons (Fsp3) is 0.160. The third-order valence-corrected chi connectivity index (χ3v) is 6.19. The number of nitrogens with zero attached hydrogens (tertiary/aromatic N) is 2. The molecule has 0 aliphatic heterocycles. The molecule has 4 rings (SSSR count). The Kier molecular flexibility index (Phi) is 7.16. The maximum absolute atomic E-state index is 12.9. The largest absolute Gasteiger partial charge is 0.462 e. The molecule has 0 fully saturated rings. The molecule has 4 aromatic rings. The van der Waals surface area contributed by atoms with Gasteiger partial charge in [0, 0.05) is 28.5 Å². The van der Waals surface area contributed by atoms with Crippen molar-refractivity contribution >= 4 is 45.3 Å². The predicted octanol–water partition coefficient (Wildman–Crippen LogP) is 5.95. The van der Waals surface area contributed by atoms with E-state index in [-0.39, 0.29) is 5.97 Å². The quantitative estimate of drug-likeness (QED) is 0.254. The third kappa shape index (κ3) is 5.47. The third-order valence-electron chi connectivity index (χ3n) is 4.97. The molecule has 0 unspecified atom stereocenters. The van der Waals surface area contributed by atoms with Gasteiger partial charge in [0.05, 0.1) is 13.2 Å². The molecule has 0 aliphatic rings. The zero-order chi connectivity index (χ0) is 23.2.